The largest absolute Gasteiger partial charge is 3.00 e. The zero-order valence-corrected chi connectivity index (χ0v) is 29.3. The van der Waals surface area contributed by atoms with Gasteiger partial charge >= 0.3 is 57.8 Å². The maximum Gasteiger partial charge on any atom is 3.00 e. The smallest absolute Gasteiger partial charge is 0.480 e. The van der Waals surface area contributed by atoms with E-state index < -0.39 is 31.0 Å². The molecule has 0 aromatic rings. The number of carbonyl (C=O) groups excluding carboxylic acids is 2. The first-order valence-corrected chi connectivity index (χ1v) is 15.3. The second kappa shape index (κ2) is 23.7. The number of aliphatic carboxylic acids is 3. The fraction of sp³-hybridized carbons (Fsp3) is 0.821. The molecule has 2 rings (SSSR count). The summed E-state index contributed by atoms with van der Waals surface area (Å²) in [5.74, 6) is -3.85. The molecule has 18 heteroatoms. The molecule has 2 heterocycles. The Labute approximate surface area is 303 Å². The summed E-state index contributed by atoms with van der Waals surface area (Å²) in [6, 6.07) is 0. The average molecular weight is 803 g/mol. The van der Waals surface area contributed by atoms with Crippen LogP contribution in [0.15, 0.2) is 0 Å². The van der Waals surface area contributed by atoms with Crippen LogP contribution in [0.5, 0.6) is 0 Å². The molecule has 2 aliphatic heterocycles. The fourth-order valence-electron chi connectivity index (χ4n) is 4.94. The Kier molecular flexibility index (Phi) is 21.8. The van der Waals surface area contributed by atoms with Crippen LogP contribution in [0.1, 0.15) is 0 Å². The van der Waals surface area contributed by atoms with Crippen LogP contribution in [0.4, 0.5) is 0 Å². The Morgan fingerprint density at radius 3 is 1.15 bits per heavy atom. The van der Waals surface area contributed by atoms with Gasteiger partial charge in [-0.1, -0.05) is 0 Å². The number of likely N-dealkylation sites (N-methyl/N-ethyl adjacent to an activating group) is 2. The maximum absolute atomic E-state index is 12.9. The molecule has 0 saturated carbocycles. The van der Waals surface area contributed by atoms with Crippen molar-refractivity contribution in [1.82, 2.24) is 34.3 Å². The predicted molar refractivity (Wildman–Crippen MR) is 162 cm³/mol. The normalized spacial score (nSPS) is 15.9. The van der Waals surface area contributed by atoms with Crippen molar-refractivity contribution in [2.45, 2.75) is 0 Å². The molecule has 0 aromatic heterocycles. The van der Waals surface area contributed by atoms with E-state index in [0.29, 0.717) is 52.6 Å². The Hall–Kier alpha value is -1.61. The molecule has 0 aromatic carbocycles. The first-order valence-electron chi connectivity index (χ1n) is 15.3. The van der Waals surface area contributed by atoms with E-state index in [1.165, 1.54) is 9.80 Å². The van der Waals surface area contributed by atoms with E-state index in [1.54, 1.807) is 28.8 Å². The summed E-state index contributed by atoms with van der Waals surface area (Å²) >= 11 is 0. The van der Waals surface area contributed by atoms with Crippen LogP contribution in [0, 0.1) is 39.9 Å². The van der Waals surface area contributed by atoms with Crippen LogP contribution < -0.4 is 0 Å². The van der Waals surface area contributed by atoms with E-state index in [9.17, 15) is 39.3 Å². The van der Waals surface area contributed by atoms with Gasteiger partial charge in [-0.3, -0.25) is 48.5 Å². The Morgan fingerprint density at radius 2 is 0.826 bits per heavy atom. The minimum absolute atomic E-state index is 0. The van der Waals surface area contributed by atoms with Crippen molar-refractivity contribution in [2.24, 2.45) is 0 Å². The topological polar surface area (TPSA) is 187 Å². The van der Waals surface area contributed by atoms with Crippen LogP contribution in [0.2, 0.25) is 0 Å². The van der Waals surface area contributed by atoms with E-state index in [-0.39, 0.29) is 97.6 Å². The number of ether oxygens (including phenoxy) is 2. The van der Waals surface area contributed by atoms with Crippen molar-refractivity contribution in [3.05, 3.63) is 0 Å². The van der Waals surface area contributed by atoms with Gasteiger partial charge in [0.25, 0.3) is 0 Å². The number of carbonyl (C=O) groups is 5. The average Bonchev–Trinajstić information content (AvgIpc) is 2.99. The zero-order valence-electron chi connectivity index (χ0n) is 27.0. The summed E-state index contributed by atoms with van der Waals surface area (Å²) in [7, 11) is 3.33. The Balaban J connectivity index is 0.0000106. The van der Waals surface area contributed by atoms with Crippen LogP contribution >= 0.6 is 0 Å². The van der Waals surface area contributed by atoms with E-state index in [4.69, 9.17) is 9.47 Å². The van der Waals surface area contributed by atoms with Crippen LogP contribution in [0.25, 0.3) is 0 Å². The third-order valence-corrected chi connectivity index (χ3v) is 7.82. The van der Waals surface area contributed by atoms with E-state index >= 15 is 0 Å². The minimum atomic E-state index is -1.12. The fourth-order valence-corrected chi connectivity index (χ4v) is 4.94. The molecule has 46 heavy (non-hydrogen) atoms. The third-order valence-electron chi connectivity index (χ3n) is 7.82. The van der Waals surface area contributed by atoms with E-state index in [2.05, 4.69) is 9.80 Å². The molecule has 0 bridgehead atoms. The molecular formula is C28H51GdN7O10+3. The monoisotopic (exact) mass is 803 g/mol. The molecule has 2 fully saturated rings. The molecule has 1 radical (unpaired) electrons. The van der Waals surface area contributed by atoms with Gasteiger partial charge in [0.2, 0.25) is 11.8 Å². The van der Waals surface area contributed by atoms with Crippen molar-refractivity contribution < 1.29 is 88.7 Å². The third kappa shape index (κ3) is 18.7. The number of hydrogen-bond donors (Lipinski definition) is 3. The molecule has 2 aliphatic rings. The molecule has 0 aliphatic carbocycles. The summed E-state index contributed by atoms with van der Waals surface area (Å²) in [5, 5.41) is 28.3. The summed E-state index contributed by atoms with van der Waals surface area (Å²) in [6.07, 6.45) is 0. The van der Waals surface area contributed by atoms with Gasteiger partial charge in [-0.25, -0.2) is 0 Å². The van der Waals surface area contributed by atoms with Gasteiger partial charge in [-0.05, 0) is 0 Å². The second-order valence-corrected chi connectivity index (χ2v) is 11.4. The molecular weight excluding hydrogens is 752 g/mol. The number of morpholine rings is 2. The molecule has 17 nitrogen and oxygen atoms in total. The van der Waals surface area contributed by atoms with E-state index in [1.807, 2.05) is 0 Å². The van der Waals surface area contributed by atoms with Crippen molar-refractivity contribution in [3.63, 3.8) is 0 Å². The second-order valence-electron chi connectivity index (χ2n) is 11.4. The molecule has 2 saturated heterocycles. The van der Waals surface area contributed by atoms with E-state index in [0.717, 1.165) is 26.2 Å². The SMILES string of the molecule is CN(CCN1CCOCC1)C(=O)CN(CCN(CCN(CC(=O)O)CC(=O)N(C)CCN1CCOCC1)CC(=O)O)CC(=O)O.[Gd+3]. The molecule has 3 N–H and O–H groups in total. The predicted octanol–water partition coefficient (Wildman–Crippen LogP) is -3.27. The first kappa shape index (κ1) is 42.4. The Morgan fingerprint density at radius 1 is 0.522 bits per heavy atom. The van der Waals surface area contributed by atoms with Crippen LogP contribution in [-0.4, -0.2) is 231 Å². The number of hydrogen-bond acceptors (Lipinski definition) is 12. The van der Waals surface area contributed by atoms with Gasteiger partial charge in [0, 0.05) is 92.6 Å². The van der Waals surface area contributed by atoms with Crippen molar-refractivity contribution in [1.29, 1.82) is 0 Å². The van der Waals surface area contributed by atoms with Gasteiger partial charge in [-0.2, -0.15) is 0 Å². The molecule has 0 spiro atoms. The van der Waals surface area contributed by atoms with Gasteiger partial charge in [0.15, 0.2) is 0 Å². The molecule has 263 valence electrons. The minimum Gasteiger partial charge on any atom is -0.480 e. The van der Waals surface area contributed by atoms with Crippen LogP contribution in [-0.2, 0) is 33.4 Å². The number of rotatable bonds is 22. The van der Waals surface area contributed by atoms with Gasteiger partial charge in [-0.15, -0.1) is 0 Å². The van der Waals surface area contributed by atoms with Gasteiger partial charge in [0.05, 0.1) is 59.2 Å². The molecule has 0 atom stereocenters. The summed E-state index contributed by atoms with van der Waals surface area (Å²) in [4.78, 5) is 72.3. The zero-order chi connectivity index (χ0) is 33.2. The number of amides is 2. The number of nitrogens with zero attached hydrogens (tertiary/aromatic N) is 7. The van der Waals surface area contributed by atoms with Crippen LogP contribution in [0.3, 0.4) is 0 Å². The van der Waals surface area contributed by atoms with Crippen molar-refractivity contribution >= 4 is 29.7 Å². The summed E-state index contributed by atoms with van der Waals surface area (Å²) in [5.41, 5.74) is 0. The molecule has 2 amide bonds. The van der Waals surface area contributed by atoms with Gasteiger partial charge in [0.1, 0.15) is 0 Å². The first-order chi connectivity index (χ1) is 21.4. The number of carboxylic acids is 3. The van der Waals surface area contributed by atoms with Crippen molar-refractivity contribution in [2.75, 3.05) is 152 Å². The quantitative estimate of drug-likeness (QED) is 0.0990. The van der Waals surface area contributed by atoms with Gasteiger partial charge < -0.3 is 34.6 Å². The standard InChI is InChI=1S/C28H51N7O10.Gd/c1-29(3-5-31-11-15-44-16-12-31)24(36)19-34(22-27(40)41)9-7-33(21-26(38)39)8-10-35(23-28(42)43)20-25(37)30(2)4-6-32-13-17-45-18-14-32;/h3-23H2,1-2H3,(H,38,39)(H,40,41)(H,42,43);/q;+3. The number of carboxylic acid groups (broad SMARTS) is 3. The van der Waals surface area contributed by atoms with Crippen molar-refractivity contribution in [3.8, 4) is 0 Å². The summed E-state index contributed by atoms with van der Waals surface area (Å²) in [6.45, 7) is 7.02. The summed E-state index contributed by atoms with van der Waals surface area (Å²) < 4.78 is 10.7. The maximum atomic E-state index is 12.9. The Bertz CT molecular complexity index is 888. The molecule has 0 unspecified atom stereocenters.